The van der Waals surface area contributed by atoms with Crippen molar-refractivity contribution in [2.75, 3.05) is 16.7 Å². The number of sulfone groups is 1. The lowest BCUT2D eigenvalue weighted by Crippen LogP contribution is -2.34. The lowest BCUT2D eigenvalue weighted by molar-refractivity contribution is -0.599. The standard InChI is InChI=1S/C33H30IN3O7S2/c1-33(2)26-17-22(21-36(31(38)19-34)14-6-16-45(40,41)42)11-12-27(26)37-15-13-23(18-30(33)37)24(20-35)7-5-10-29-32(39)25-8-3-4-9-28(25)46(29,43)44/h3-5,7-13,15,17-18H,6,14,16,19,21H2,1-2H3,(H,40,41,42)/p+1. The molecule has 3 heterocycles. The van der Waals surface area contributed by atoms with Gasteiger partial charge < -0.3 is 10.0 Å². The molecule has 13 heteroatoms. The molecule has 0 fully saturated rings. The molecule has 1 amide bonds. The van der Waals surface area contributed by atoms with Gasteiger partial charge in [-0.25, -0.2) is 8.42 Å². The van der Waals surface area contributed by atoms with Crippen LogP contribution < -0.4 is 4.57 Å². The molecular weight excluding hydrogens is 741 g/mol. The van der Waals surface area contributed by atoms with E-state index < -0.39 is 31.1 Å². The summed E-state index contributed by atoms with van der Waals surface area (Å²) in [6.45, 7) is 4.59. The molecule has 0 saturated carbocycles. The normalized spacial score (nSPS) is 16.2. The number of benzene rings is 2. The number of aliphatic hydroxyl groups excluding tert-OH is 1. The first-order valence-electron chi connectivity index (χ1n) is 14.2. The van der Waals surface area contributed by atoms with Crippen molar-refractivity contribution in [1.29, 1.82) is 5.26 Å². The van der Waals surface area contributed by atoms with Gasteiger partial charge in [0.15, 0.2) is 11.9 Å². The molecule has 0 aliphatic carbocycles. The van der Waals surface area contributed by atoms with Crippen molar-refractivity contribution >= 4 is 59.8 Å². The molecule has 0 bridgehead atoms. The van der Waals surface area contributed by atoms with Crippen LogP contribution in [0.1, 0.15) is 48.2 Å². The first-order chi connectivity index (χ1) is 21.7. The molecular formula is C33H31IN3O7S2+. The predicted octanol–water partition coefficient (Wildman–Crippen LogP) is 4.82. The summed E-state index contributed by atoms with van der Waals surface area (Å²) in [5.74, 6) is -0.887. The minimum Gasteiger partial charge on any atom is -0.506 e. The summed E-state index contributed by atoms with van der Waals surface area (Å²) in [5.41, 5.74) is 4.45. The van der Waals surface area contributed by atoms with E-state index in [-0.39, 0.29) is 51.0 Å². The van der Waals surface area contributed by atoms with Crippen LogP contribution in [-0.2, 0) is 36.7 Å². The minimum absolute atomic E-state index is 0.0405. The number of fused-ring (bicyclic) bond motifs is 4. The molecule has 0 saturated heterocycles. The summed E-state index contributed by atoms with van der Waals surface area (Å²) >= 11 is 1.97. The van der Waals surface area contributed by atoms with Crippen LogP contribution in [0.15, 0.2) is 88.8 Å². The van der Waals surface area contributed by atoms with Gasteiger partial charge in [0.2, 0.25) is 21.4 Å². The van der Waals surface area contributed by atoms with Crippen LogP contribution >= 0.6 is 22.6 Å². The highest BCUT2D eigenvalue weighted by atomic mass is 127. The molecule has 0 unspecified atom stereocenters. The maximum Gasteiger partial charge on any atom is 0.264 e. The average molecular weight is 773 g/mol. The van der Waals surface area contributed by atoms with Crippen molar-refractivity contribution in [3.63, 3.8) is 0 Å². The molecule has 0 spiro atoms. The fourth-order valence-corrected chi connectivity index (χ4v) is 8.34. The van der Waals surface area contributed by atoms with E-state index in [1.54, 1.807) is 29.2 Å². The third kappa shape index (κ3) is 6.39. The Morgan fingerprint density at radius 3 is 2.57 bits per heavy atom. The molecule has 2 aliphatic heterocycles. The fraction of sp³-hybridized carbons (Fsp3) is 0.242. The van der Waals surface area contributed by atoms with Gasteiger partial charge in [-0.1, -0.05) is 46.9 Å². The minimum atomic E-state index is -4.12. The van der Waals surface area contributed by atoms with E-state index >= 15 is 0 Å². The number of nitriles is 1. The summed E-state index contributed by atoms with van der Waals surface area (Å²) in [6.07, 6.45) is 6.24. The SMILES string of the molecule is CC1(C)c2cc(CN(CCCS(=O)(=O)O)C(=O)CI)ccc2-[n+]2ccc(C(C#N)=CC=CC3=C(O)c4ccccc4S3(=O)=O)cc21. The molecule has 46 heavy (non-hydrogen) atoms. The maximum atomic E-state index is 12.9. The predicted molar refractivity (Wildman–Crippen MR) is 181 cm³/mol. The molecule has 2 aliphatic rings. The number of nitrogens with zero attached hydrogens (tertiary/aromatic N) is 3. The molecule has 5 rings (SSSR count). The van der Waals surface area contributed by atoms with Crippen molar-refractivity contribution < 1.29 is 35.9 Å². The largest absolute Gasteiger partial charge is 0.506 e. The lowest BCUT2D eigenvalue weighted by atomic mass is 9.82. The van der Waals surface area contributed by atoms with Crippen LogP contribution in [0.2, 0.25) is 0 Å². The van der Waals surface area contributed by atoms with E-state index in [1.807, 2.05) is 57.6 Å². The third-order valence-electron chi connectivity index (χ3n) is 8.16. The molecule has 3 aromatic rings. The van der Waals surface area contributed by atoms with Crippen molar-refractivity contribution in [2.45, 2.75) is 37.1 Å². The summed E-state index contributed by atoms with van der Waals surface area (Å²) in [4.78, 5) is 14.0. The Hall–Kier alpha value is -3.84. The number of hydrogen-bond donors (Lipinski definition) is 2. The van der Waals surface area contributed by atoms with Gasteiger partial charge in [-0.2, -0.15) is 18.2 Å². The Morgan fingerprint density at radius 2 is 1.89 bits per heavy atom. The number of carbonyl (C=O) groups excluding carboxylic acids is 1. The number of pyridine rings is 1. The first kappa shape index (κ1) is 33.5. The zero-order chi connectivity index (χ0) is 33.4. The first-order valence-corrected chi connectivity index (χ1v) is 18.9. The fourth-order valence-electron chi connectivity index (χ4n) is 5.80. The van der Waals surface area contributed by atoms with Crippen molar-refractivity contribution in [3.8, 4) is 11.8 Å². The average Bonchev–Trinajstić information content (AvgIpc) is 3.36. The monoisotopic (exact) mass is 772 g/mol. The smallest absolute Gasteiger partial charge is 0.264 e. The number of aliphatic hydroxyl groups is 1. The lowest BCUT2D eigenvalue weighted by Gasteiger charge is -2.22. The van der Waals surface area contributed by atoms with E-state index in [2.05, 4.69) is 19.9 Å². The molecule has 238 valence electrons. The highest BCUT2D eigenvalue weighted by molar-refractivity contribution is 14.1. The molecule has 10 nitrogen and oxygen atoms in total. The van der Waals surface area contributed by atoms with Crippen LogP contribution in [0, 0.1) is 11.3 Å². The number of halogens is 1. The second-order valence-electron chi connectivity index (χ2n) is 11.5. The van der Waals surface area contributed by atoms with Crippen LogP contribution in [0.25, 0.3) is 17.0 Å². The number of aromatic nitrogens is 1. The Balaban J connectivity index is 1.40. The van der Waals surface area contributed by atoms with Gasteiger partial charge in [0.05, 0.1) is 32.1 Å². The zero-order valence-electron chi connectivity index (χ0n) is 25.0. The second-order valence-corrected chi connectivity index (χ2v) is 15.7. The van der Waals surface area contributed by atoms with E-state index in [1.165, 1.54) is 24.3 Å². The summed E-state index contributed by atoms with van der Waals surface area (Å²) in [7, 11) is -8.00. The van der Waals surface area contributed by atoms with Gasteiger partial charge in [-0.05, 0) is 56.2 Å². The third-order valence-corrected chi connectivity index (χ3v) is 11.5. The van der Waals surface area contributed by atoms with E-state index in [9.17, 15) is 32.0 Å². The van der Waals surface area contributed by atoms with Gasteiger partial charge in [-0.15, -0.1) is 0 Å². The van der Waals surface area contributed by atoms with Gasteiger partial charge in [0, 0.05) is 48.0 Å². The number of carbonyl (C=O) groups is 1. The molecule has 2 N–H and O–H groups in total. The molecule has 0 atom stereocenters. The van der Waals surface area contributed by atoms with Crippen LogP contribution in [-0.4, -0.2) is 54.0 Å². The summed E-state index contributed by atoms with van der Waals surface area (Å²) in [5, 5.41) is 20.5. The van der Waals surface area contributed by atoms with Crippen LogP contribution in [0.4, 0.5) is 0 Å². The maximum absolute atomic E-state index is 12.9. The zero-order valence-corrected chi connectivity index (χ0v) is 28.8. The Labute approximate surface area is 281 Å². The van der Waals surface area contributed by atoms with Gasteiger partial charge in [0.1, 0.15) is 10.7 Å². The Morgan fingerprint density at radius 1 is 1.15 bits per heavy atom. The number of alkyl halides is 1. The number of amides is 1. The van der Waals surface area contributed by atoms with Gasteiger partial charge >= 0.3 is 0 Å². The molecule has 2 aromatic carbocycles. The number of allylic oxidation sites excluding steroid dienone is 4. The van der Waals surface area contributed by atoms with Crippen molar-refractivity contribution in [2.24, 2.45) is 0 Å². The number of rotatable bonds is 10. The Bertz CT molecular complexity index is 2110. The Kier molecular flexibility index (Phi) is 9.29. The van der Waals surface area contributed by atoms with Gasteiger partial charge in [0.25, 0.3) is 10.1 Å². The highest BCUT2D eigenvalue weighted by Crippen LogP contribution is 2.40. The van der Waals surface area contributed by atoms with Crippen LogP contribution in [0.5, 0.6) is 0 Å². The van der Waals surface area contributed by atoms with Crippen molar-refractivity contribution in [1.82, 2.24) is 4.90 Å². The van der Waals surface area contributed by atoms with E-state index in [0.717, 1.165) is 22.5 Å². The van der Waals surface area contributed by atoms with Crippen LogP contribution in [0.3, 0.4) is 0 Å². The van der Waals surface area contributed by atoms with Crippen molar-refractivity contribution in [3.05, 3.63) is 112 Å². The summed E-state index contributed by atoms with van der Waals surface area (Å²) < 4.78 is 59.6. The molecule has 0 radical (unpaired) electrons. The van der Waals surface area contributed by atoms with E-state index in [0.29, 0.717) is 11.1 Å². The summed E-state index contributed by atoms with van der Waals surface area (Å²) in [6, 6.07) is 18.1. The van der Waals surface area contributed by atoms with E-state index in [4.69, 9.17) is 4.55 Å². The second kappa shape index (κ2) is 12.7. The molecule has 1 aromatic heterocycles. The topological polar surface area (TPSA) is 157 Å². The highest BCUT2D eigenvalue weighted by Gasteiger charge is 2.44. The number of hydrogen-bond acceptors (Lipinski definition) is 7. The quantitative estimate of drug-likeness (QED) is 0.0743. The van der Waals surface area contributed by atoms with Gasteiger partial charge in [-0.3, -0.25) is 9.35 Å².